The van der Waals surface area contributed by atoms with Crippen molar-refractivity contribution in [3.63, 3.8) is 0 Å². The first-order valence-electron chi connectivity index (χ1n) is 6.09. The van der Waals surface area contributed by atoms with E-state index in [0.717, 1.165) is 6.07 Å². The molecule has 0 aliphatic heterocycles. The van der Waals surface area contributed by atoms with Crippen molar-refractivity contribution >= 4 is 21.4 Å². The van der Waals surface area contributed by atoms with Crippen LogP contribution in [-0.2, 0) is 14.6 Å². The molecule has 0 aliphatic rings. The van der Waals surface area contributed by atoms with Gasteiger partial charge in [-0.05, 0) is 25.0 Å². The lowest BCUT2D eigenvalue weighted by Gasteiger charge is -2.14. The Balaban J connectivity index is 2.79. The third-order valence-electron chi connectivity index (χ3n) is 2.65. The van der Waals surface area contributed by atoms with Crippen molar-refractivity contribution in [3.8, 4) is 0 Å². The van der Waals surface area contributed by atoms with Crippen LogP contribution in [0.25, 0.3) is 0 Å². The first-order valence-corrected chi connectivity index (χ1v) is 7.57. The Morgan fingerprint density at radius 2 is 1.81 bits per heavy atom. The molecule has 5 nitrogen and oxygen atoms in total. The molecule has 1 amide bonds. The van der Waals surface area contributed by atoms with Crippen molar-refractivity contribution in [2.45, 2.75) is 29.7 Å². The molecular weight excluding hydrogens is 309 g/mol. The largest absolute Gasteiger partial charge is 0.501 e. The number of sulfone groups is 1. The van der Waals surface area contributed by atoms with Crippen molar-refractivity contribution in [1.82, 2.24) is 0 Å². The second-order valence-corrected chi connectivity index (χ2v) is 6.21. The van der Waals surface area contributed by atoms with Crippen molar-refractivity contribution < 1.29 is 26.4 Å². The topological polar surface area (TPSA) is 89.3 Å². The second kappa shape index (κ2) is 6.79. The smallest absolute Gasteiger partial charge is 0.384 e. The Morgan fingerprint density at radius 3 is 2.38 bits per heavy atom. The summed E-state index contributed by atoms with van der Waals surface area (Å²) in [6.07, 6.45) is 1.12. The lowest BCUT2D eigenvalue weighted by atomic mass is 10.2. The summed E-state index contributed by atoms with van der Waals surface area (Å²) in [5.74, 6) is -0.463. The quantitative estimate of drug-likeness (QED) is 0.751. The summed E-state index contributed by atoms with van der Waals surface area (Å²) in [7, 11) is -5.40. The van der Waals surface area contributed by atoms with E-state index < -0.39 is 26.1 Å². The monoisotopic (exact) mass is 324 g/mol. The van der Waals surface area contributed by atoms with Crippen LogP contribution >= 0.6 is 0 Å². The number of hydrogen-bond donors (Lipinski definition) is 2. The van der Waals surface area contributed by atoms with E-state index in [2.05, 4.69) is 5.32 Å². The summed E-state index contributed by atoms with van der Waals surface area (Å²) >= 11 is 0. The number of carbonyl (C=O) groups is 1. The fraction of sp³-hybridized carbons (Fsp3) is 0.417. The van der Waals surface area contributed by atoms with Crippen LogP contribution in [0, 0.1) is 0 Å². The average molecular weight is 324 g/mol. The molecule has 1 aromatic rings. The third-order valence-corrected chi connectivity index (χ3v) is 4.19. The highest BCUT2D eigenvalue weighted by molar-refractivity contribution is 7.92. The van der Waals surface area contributed by atoms with Crippen LogP contribution in [0.1, 0.15) is 19.3 Å². The predicted molar refractivity (Wildman–Crippen MR) is 71.2 cm³/mol. The van der Waals surface area contributed by atoms with Gasteiger partial charge in [0.15, 0.2) is 0 Å². The van der Waals surface area contributed by atoms with E-state index in [4.69, 9.17) is 5.73 Å². The van der Waals surface area contributed by atoms with Crippen LogP contribution in [0.3, 0.4) is 0 Å². The number of para-hydroxylation sites is 1. The van der Waals surface area contributed by atoms with Crippen LogP contribution < -0.4 is 11.1 Å². The minimum atomic E-state index is -5.40. The van der Waals surface area contributed by atoms with Crippen LogP contribution in [-0.4, -0.2) is 26.4 Å². The molecule has 0 bridgehead atoms. The third kappa shape index (κ3) is 4.62. The second-order valence-electron chi connectivity index (χ2n) is 4.30. The molecule has 0 atom stereocenters. The Kier molecular flexibility index (Phi) is 5.59. The molecule has 9 heteroatoms. The molecular formula is C12H15F3N2O3S. The molecule has 0 heterocycles. The molecule has 0 aromatic heterocycles. The maximum atomic E-state index is 12.6. The van der Waals surface area contributed by atoms with Gasteiger partial charge < -0.3 is 11.1 Å². The van der Waals surface area contributed by atoms with E-state index in [1.807, 2.05) is 0 Å². The minimum Gasteiger partial charge on any atom is -0.384 e. The summed E-state index contributed by atoms with van der Waals surface area (Å²) in [5, 5.41) is 2.63. The van der Waals surface area contributed by atoms with E-state index in [1.54, 1.807) is 0 Å². The SMILES string of the molecule is NC(=O)CCCCNc1ccccc1S(=O)(=O)C(F)(F)F. The van der Waals surface area contributed by atoms with Gasteiger partial charge in [0.2, 0.25) is 5.91 Å². The zero-order valence-electron chi connectivity index (χ0n) is 11.0. The number of anilines is 1. The van der Waals surface area contributed by atoms with Gasteiger partial charge in [-0.3, -0.25) is 4.79 Å². The normalized spacial score (nSPS) is 12.1. The number of halogens is 3. The van der Waals surface area contributed by atoms with Gasteiger partial charge in [-0.2, -0.15) is 13.2 Å². The van der Waals surface area contributed by atoms with Gasteiger partial charge in [0.05, 0.1) is 10.6 Å². The summed E-state index contributed by atoms with van der Waals surface area (Å²) < 4.78 is 60.5. The van der Waals surface area contributed by atoms with Gasteiger partial charge in [-0.15, -0.1) is 0 Å². The predicted octanol–water partition coefficient (Wildman–Crippen LogP) is 2.05. The first kappa shape index (κ1) is 17.3. The first-order chi connectivity index (χ1) is 9.66. The van der Waals surface area contributed by atoms with Crippen molar-refractivity contribution in [3.05, 3.63) is 24.3 Å². The van der Waals surface area contributed by atoms with Gasteiger partial charge >= 0.3 is 5.51 Å². The highest BCUT2D eigenvalue weighted by Crippen LogP contribution is 2.34. The highest BCUT2D eigenvalue weighted by Gasteiger charge is 2.47. The van der Waals surface area contributed by atoms with Gasteiger partial charge in [-0.1, -0.05) is 12.1 Å². The van der Waals surface area contributed by atoms with Crippen molar-refractivity contribution in [2.75, 3.05) is 11.9 Å². The lowest BCUT2D eigenvalue weighted by molar-refractivity contribution is -0.118. The number of primary amides is 1. The zero-order chi connectivity index (χ0) is 16.1. The van der Waals surface area contributed by atoms with Crippen LogP contribution in [0.5, 0.6) is 0 Å². The number of hydrogen-bond acceptors (Lipinski definition) is 4. The van der Waals surface area contributed by atoms with E-state index in [9.17, 15) is 26.4 Å². The molecule has 21 heavy (non-hydrogen) atoms. The number of nitrogens with one attached hydrogen (secondary N) is 1. The van der Waals surface area contributed by atoms with Crippen LogP contribution in [0.15, 0.2) is 29.2 Å². The van der Waals surface area contributed by atoms with E-state index in [1.165, 1.54) is 18.2 Å². The summed E-state index contributed by atoms with van der Waals surface area (Å²) in [6, 6.07) is 4.80. The number of amides is 1. The number of carbonyl (C=O) groups excluding carboxylic acids is 1. The number of benzene rings is 1. The number of alkyl halides is 3. The lowest BCUT2D eigenvalue weighted by Crippen LogP contribution is -2.24. The van der Waals surface area contributed by atoms with Gasteiger partial charge in [0, 0.05) is 13.0 Å². The van der Waals surface area contributed by atoms with Gasteiger partial charge in [0.1, 0.15) is 0 Å². The molecule has 0 spiro atoms. The molecule has 118 valence electrons. The average Bonchev–Trinajstić information content (AvgIpc) is 2.37. The van der Waals surface area contributed by atoms with Gasteiger partial charge in [0.25, 0.3) is 9.84 Å². The van der Waals surface area contributed by atoms with E-state index >= 15 is 0 Å². The van der Waals surface area contributed by atoms with Gasteiger partial charge in [-0.25, -0.2) is 8.42 Å². The van der Waals surface area contributed by atoms with Crippen molar-refractivity contribution in [2.24, 2.45) is 5.73 Å². The maximum absolute atomic E-state index is 12.6. The molecule has 3 N–H and O–H groups in total. The Bertz CT molecular complexity index is 600. The summed E-state index contributed by atoms with van der Waals surface area (Å²) in [4.78, 5) is 9.71. The van der Waals surface area contributed by atoms with Crippen molar-refractivity contribution in [1.29, 1.82) is 0 Å². The fourth-order valence-electron chi connectivity index (χ4n) is 1.62. The minimum absolute atomic E-state index is 0.117. The Hall–Kier alpha value is -1.77. The number of unbranched alkanes of at least 4 members (excludes halogenated alkanes) is 1. The summed E-state index contributed by atoms with van der Waals surface area (Å²) in [6.45, 7) is 0.234. The van der Waals surface area contributed by atoms with Crippen LogP contribution in [0.4, 0.5) is 18.9 Å². The van der Waals surface area contributed by atoms with Crippen LogP contribution in [0.2, 0.25) is 0 Å². The molecule has 0 saturated carbocycles. The maximum Gasteiger partial charge on any atom is 0.501 e. The zero-order valence-corrected chi connectivity index (χ0v) is 11.8. The number of nitrogens with two attached hydrogens (primary N) is 1. The fourth-order valence-corrected chi connectivity index (χ4v) is 2.56. The number of rotatable bonds is 7. The Labute approximate surface area is 120 Å². The molecule has 0 saturated heterocycles. The molecule has 0 fully saturated rings. The molecule has 0 aliphatic carbocycles. The standard InChI is InChI=1S/C12H15F3N2O3S/c13-12(14,15)21(19,20)10-6-2-1-5-9(10)17-8-4-3-7-11(16)18/h1-2,5-6,17H,3-4,7-8H2,(H2,16,18). The van der Waals surface area contributed by atoms with E-state index in [-0.39, 0.29) is 18.7 Å². The summed E-state index contributed by atoms with van der Waals surface area (Å²) in [5.41, 5.74) is -0.516. The molecule has 0 radical (unpaired) electrons. The molecule has 1 aromatic carbocycles. The molecule has 1 rings (SSSR count). The Morgan fingerprint density at radius 1 is 1.19 bits per heavy atom. The highest BCUT2D eigenvalue weighted by atomic mass is 32.2. The molecule has 0 unspecified atom stereocenters. The van der Waals surface area contributed by atoms with E-state index in [0.29, 0.717) is 12.8 Å².